The number of carbonyl (C=O) groups is 1. The molecule has 2 aromatic carbocycles. The first kappa shape index (κ1) is 16.8. The van der Waals surface area contributed by atoms with Gasteiger partial charge in [0.15, 0.2) is 0 Å². The average molecular weight is 351 g/mol. The lowest BCUT2D eigenvalue weighted by molar-refractivity contribution is -0.385. The summed E-state index contributed by atoms with van der Waals surface area (Å²) < 4.78 is 0. The van der Waals surface area contributed by atoms with Gasteiger partial charge in [-0.1, -0.05) is 36.4 Å². The average Bonchev–Trinajstić information content (AvgIpc) is 3.14. The van der Waals surface area contributed by atoms with Gasteiger partial charge >= 0.3 is 5.69 Å². The highest BCUT2D eigenvalue weighted by Crippen LogP contribution is 2.27. The second kappa shape index (κ2) is 7.26. The van der Waals surface area contributed by atoms with E-state index in [1.54, 1.807) is 6.07 Å². The summed E-state index contributed by atoms with van der Waals surface area (Å²) in [6, 6.07) is 14.9. The van der Waals surface area contributed by atoms with Crippen molar-refractivity contribution in [3.05, 3.63) is 76.0 Å². The van der Waals surface area contributed by atoms with Crippen LogP contribution in [0.25, 0.3) is 11.3 Å². The fourth-order valence-corrected chi connectivity index (χ4v) is 2.22. The van der Waals surface area contributed by atoms with E-state index in [0.717, 1.165) is 11.8 Å². The van der Waals surface area contributed by atoms with Crippen molar-refractivity contribution < 1.29 is 14.8 Å². The largest absolute Gasteiger partial charge is 0.502 e. The van der Waals surface area contributed by atoms with Crippen LogP contribution in [0.1, 0.15) is 16.1 Å². The van der Waals surface area contributed by atoms with Crippen molar-refractivity contribution in [2.75, 3.05) is 0 Å². The molecule has 0 aliphatic heterocycles. The van der Waals surface area contributed by atoms with Crippen LogP contribution in [-0.2, 0) is 0 Å². The van der Waals surface area contributed by atoms with Crippen molar-refractivity contribution >= 4 is 17.8 Å². The molecule has 0 bridgehead atoms. The van der Waals surface area contributed by atoms with Crippen LogP contribution in [-0.4, -0.2) is 32.3 Å². The number of H-pyrrole nitrogens is 1. The van der Waals surface area contributed by atoms with Crippen LogP contribution in [0.2, 0.25) is 0 Å². The van der Waals surface area contributed by atoms with E-state index in [4.69, 9.17) is 0 Å². The van der Waals surface area contributed by atoms with Gasteiger partial charge in [0.05, 0.1) is 16.8 Å². The SMILES string of the molecule is O=C(N/N=C\c1cccc([N+](=O)[O-])c1O)c1cc(-c2ccccc2)n[nH]1. The highest BCUT2D eigenvalue weighted by molar-refractivity contribution is 5.94. The number of nitro benzene ring substituents is 1. The number of phenols is 1. The number of aromatic nitrogens is 2. The summed E-state index contributed by atoms with van der Waals surface area (Å²) in [5, 5.41) is 31.0. The molecule has 130 valence electrons. The maximum Gasteiger partial charge on any atom is 0.311 e. The van der Waals surface area contributed by atoms with Crippen molar-refractivity contribution in [3.8, 4) is 17.0 Å². The zero-order valence-corrected chi connectivity index (χ0v) is 13.3. The smallest absolute Gasteiger partial charge is 0.311 e. The van der Waals surface area contributed by atoms with Gasteiger partial charge in [-0.15, -0.1) is 0 Å². The van der Waals surface area contributed by atoms with E-state index >= 15 is 0 Å². The zero-order valence-electron chi connectivity index (χ0n) is 13.3. The number of hydrazone groups is 1. The predicted molar refractivity (Wildman–Crippen MR) is 93.8 cm³/mol. The Morgan fingerprint density at radius 1 is 1.23 bits per heavy atom. The third kappa shape index (κ3) is 3.56. The Bertz CT molecular complexity index is 982. The van der Waals surface area contributed by atoms with Gasteiger partial charge in [0.2, 0.25) is 5.75 Å². The molecule has 1 heterocycles. The third-order valence-corrected chi connectivity index (χ3v) is 3.50. The first-order chi connectivity index (χ1) is 12.6. The lowest BCUT2D eigenvalue weighted by Crippen LogP contribution is -2.18. The molecule has 3 aromatic rings. The van der Waals surface area contributed by atoms with Crippen molar-refractivity contribution in [1.82, 2.24) is 15.6 Å². The number of aromatic hydroxyl groups is 1. The van der Waals surface area contributed by atoms with Gasteiger partial charge in [-0.2, -0.15) is 10.2 Å². The van der Waals surface area contributed by atoms with Gasteiger partial charge in [-0.3, -0.25) is 20.0 Å². The molecule has 26 heavy (non-hydrogen) atoms. The summed E-state index contributed by atoms with van der Waals surface area (Å²) >= 11 is 0. The zero-order chi connectivity index (χ0) is 18.5. The molecule has 1 amide bonds. The minimum Gasteiger partial charge on any atom is -0.502 e. The highest BCUT2D eigenvalue weighted by atomic mass is 16.6. The Hall–Kier alpha value is -4.01. The number of hydrogen-bond donors (Lipinski definition) is 3. The van der Waals surface area contributed by atoms with Crippen LogP contribution in [0.15, 0.2) is 59.7 Å². The molecule has 0 unspecified atom stereocenters. The Kier molecular flexibility index (Phi) is 4.70. The third-order valence-electron chi connectivity index (χ3n) is 3.50. The van der Waals surface area contributed by atoms with Crippen LogP contribution in [0.5, 0.6) is 5.75 Å². The first-order valence-electron chi connectivity index (χ1n) is 7.47. The molecule has 3 rings (SSSR count). The number of rotatable bonds is 5. The monoisotopic (exact) mass is 351 g/mol. The van der Waals surface area contributed by atoms with Crippen LogP contribution in [0.3, 0.4) is 0 Å². The van der Waals surface area contributed by atoms with E-state index in [9.17, 15) is 20.0 Å². The van der Waals surface area contributed by atoms with Crippen LogP contribution in [0.4, 0.5) is 5.69 Å². The quantitative estimate of drug-likeness (QED) is 0.369. The summed E-state index contributed by atoms with van der Waals surface area (Å²) in [7, 11) is 0. The molecule has 0 radical (unpaired) electrons. The fraction of sp³-hybridized carbons (Fsp3) is 0. The summed E-state index contributed by atoms with van der Waals surface area (Å²) in [5.74, 6) is -1.07. The molecule has 0 saturated heterocycles. The lowest BCUT2D eigenvalue weighted by atomic mass is 10.1. The Morgan fingerprint density at radius 3 is 2.73 bits per heavy atom. The number of nitro groups is 1. The number of para-hydroxylation sites is 1. The number of nitrogens with zero attached hydrogens (tertiary/aromatic N) is 3. The van der Waals surface area contributed by atoms with Gasteiger partial charge in [0, 0.05) is 17.2 Å². The molecule has 1 aromatic heterocycles. The summed E-state index contributed by atoms with van der Waals surface area (Å²) in [5.41, 5.74) is 3.59. The second-order valence-electron chi connectivity index (χ2n) is 5.20. The van der Waals surface area contributed by atoms with Gasteiger partial charge in [0.25, 0.3) is 5.91 Å². The number of carbonyl (C=O) groups excluding carboxylic acids is 1. The Morgan fingerprint density at radius 2 is 2.00 bits per heavy atom. The molecule has 0 fully saturated rings. The summed E-state index contributed by atoms with van der Waals surface area (Å²) in [4.78, 5) is 22.1. The number of amides is 1. The Labute approximate surface area is 147 Å². The first-order valence-corrected chi connectivity index (χ1v) is 7.47. The molecule has 3 N–H and O–H groups in total. The molecule has 0 aliphatic carbocycles. The molecule has 9 heteroatoms. The van der Waals surface area contributed by atoms with Crippen LogP contribution >= 0.6 is 0 Å². The second-order valence-corrected chi connectivity index (χ2v) is 5.20. The van der Waals surface area contributed by atoms with E-state index < -0.39 is 22.3 Å². The minimum atomic E-state index is -0.707. The molecule has 0 spiro atoms. The highest BCUT2D eigenvalue weighted by Gasteiger charge is 2.15. The standard InChI is InChI=1S/C17H13N5O4/c23-16-12(7-4-8-15(16)22(25)26)10-18-21-17(24)14-9-13(19-20-14)11-5-2-1-3-6-11/h1-10,23H,(H,19,20)(H,21,24)/b18-10-. The fourth-order valence-electron chi connectivity index (χ4n) is 2.22. The van der Waals surface area contributed by atoms with E-state index in [2.05, 4.69) is 20.7 Å². The molecule has 9 nitrogen and oxygen atoms in total. The van der Waals surface area contributed by atoms with E-state index in [1.165, 1.54) is 18.2 Å². The molecule has 0 aliphatic rings. The normalized spacial score (nSPS) is 10.8. The van der Waals surface area contributed by atoms with Gasteiger partial charge < -0.3 is 5.11 Å². The van der Waals surface area contributed by atoms with Gasteiger partial charge in [-0.05, 0) is 12.1 Å². The Balaban J connectivity index is 1.70. The van der Waals surface area contributed by atoms with E-state index in [0.29, 0.717) is 5.69 Å². The van der Waals surface area contributed by atoms with Gasteiger partial charge in [0.1, 0.15) is 5.69 Å². The number of hydrogen-bond acceptors (Lipinski definition) is 6. The summed E-state index contributed by atoms with van der Waals surface area (Å²) in [6.45, 7) is 0. The summed E-state index contributed by atoms with van der Waals surface area (Å²) in [6.07, 6.45) is 1.12. The lowest BCUT2D eigenvalue weighted by Gasteiger charge is -2.00. The number of nitrogens with one attached hydrogen (secondary N) is 2. The number of phenolic OH excluding ortho intramolecular Hbond substituents is 1. The maximum atomic E-state index is 12.1. The molecule has 0 atom stereocenters. The maximum absolute atomic E-state index is 12.1. The van der Waals surface area contributed by atoms with E-state index in [1.807, 2.05) is 30.3 Å². The number of aromatic amines is 1. The predicted octanol–water partition coefficient (Wildman–Crippen LogP) is 2.45. The molecular formula is C17H13N5O4. The van der Waals surface area contributed by atoms with Crippen molar-refractivity contribution in [1.29, 1.82) is 0 Å². The molecule has 0 saturated carbocycles. The molecular weight excluding hydrogens is 338 g/mol. The van der Waals surface area contributed by atoms with Crippen molar-refractivity contribution in [2.24, 2.45) is 5.10 Å². The van der Waals surface area contributed by atoms with Crippen molar-refractivity contribution in [3.63, 3.8) is 0 Å². The van der Waals surface area contributed by atoms with Crippen molar-refractivity contribution in [2.45, 2.75) is 0 Å². The van der Waals surface area contributed by atoms with Gasteiger partial charge in [-0.25, -0.2) is 5.43 Å². The van der Waals surface area contributed by atoms with Crippen LogP contribution in [0, 0.1) is 10.1 Å². The van der Waals surface area contributed by atoms with Crippen LogP contribution < -0.4 is 5.43 Å². The number of benzene rings is 2. The minimum absolute atomic E-state index is 0.106. The van der Waals surface area contributed by atoms with E-state index in [-0.39, 0.29) is 11.3 Å². The topological polar surface area (TPSA) is 134 Å².